The van der Waals surface area contributed by atoms with E-state index in [4.69, 9.17) is 5.73 Å². The average molecular weight is 349 g/mol. The third kappa shape index (κ3) is 1.87. The first-order chi connectivity index (χ1) is 7.50. The van der Waals surface area contributed by atoms with Gasteiger partial charge in [-0.15, -0.1) is 0 Å². The number of halogens is 3. The molecule has 0 fully saturated rings. The van der Waals surface area contributed by atoms with E-state index in [2.05, 4.69) is 37.0 Å². The number of rotatable bonds is 1. The van der Waals surface area contributed by atoms with Gasteiger partial charge in [-0.1, -0.05) is 0 Å². The Morgan fingerprint density at radius 3 is 2.31 bits per heavy atom. The molecule has 84 valence electrons. The maximum absolute atomic E-state index is 13.1. The zero-order chi connectivity index (χ0) is 11.9. The van der Waals surface area contributed by atoms with E-state index in [1.54, 1.807) is 10.9 Å². The molecule has 0 spiro atoms. The summed E-state index contributed by atoms with van der Waals surface area (Å²) < 4.78 is 15.9. The van der Waals surface area contributed by atoms with Crippen LogP contribution < -0.4 is 5.73 Å². The van der Waals surface area contributed by atoms with E-state index in [1.165, 1.54) is 12.1 Å². The lowest BCUT2D eigenvalue weighted by atomic mass is 10.3. The first-order valence-corrected chi connectivity index (χ1v) is 6.04. The van der Waals surface area contributed by atoms with Crippen LogP contribution >= 0.6 is 31.9 Å². The van der Waals surface area contributed by atoms with Crippen molar-refractivity contribution in [3.63, 3.8) is 0 Å². The smallest absolute Gasteiger partial charge is 0.130 e. The third-order valence-electron chi connectivity index (χ3n) is 2.19. The van der Waals surface area contributed by atoms with Crippen molar-refractivity contribution in [3.05, 3.63) is 38.7 Å². The monoisotopic (exact) mass is 347 g/mol. The van der Waals surface area contributed by atoms with E-state index in [0.29, 0.717) is 20.5 Å². The van der Waals surface area contributed by atoms with Crippen molar-refractivity contribution in [3.8, 4) is 5.69 Å². The number of hydrogen-bond acceptors (Lipinski definition) is 2. The molecule has 0 saturated carbocycles. The van der Waals surface area contributed by atoms with Gasteiger partial charge in [-0.3, -0.25) is 0 Å². The molecule has 0 saturated heterocycles. The molecule has 0 amide bonds. The normalized spacial score (nSPS) is 10.8. The SMILES string of the molecule is Cc1cnn(-c2c(Br)cc(F)cc2Br)c1N. The molecule has 0 unspecified atom stereocenters. The summed E-state index contributed by atoms with van der Waals surface area (Å²) in [5.74, 6) is 0.206. The van der Waals surface area contributed by atoms with E-state index in [-0.39, 0.29) is 5.82 Å². The van der Waals surface area contributed by atoms with Crippen molar-refractivity contribution < 1.29 is 4.39 Å². The molecule has 0 aliphatic rings. The van der Waals surface area contributed by atoms with Crippen molar-refractivity contribution in [2.75, 3.05) is 5.73 Å². The zero-order valence-electron chi connectivity index (χ0n) is 8.34. The van der Waals surface area contributed by atoms with E-state index in [9.17, 15) is 4.39 Å². The fraction of sp³-hybridized carbons (Fsp3) is 0.100. The number of hydrogen-bond donors (Lipinski definition) is 1. The van der Waals surface area contributed by atoms with Gasteiger partial charge in [-0.25, -0.2) is 9.07 Å². The van der Waals surface area contributed by atoms with Crippen LogP contribution in [0.3, 0.4) is 0 Å². The van der Waals surface area contributed by atoms with E-state index in [1.807, 2.05) is 6.92 Å². The van der Waals surface area contributed by atoms with Crippen molar-refractivity contribution in [1.82, 2.24) is 9.78 Å². The van der Waals surface area contributed by atoms with Gasteiger partial charge in [0.05, 0.1) is 11.9 Å². The lowest BCUT2D eigenvalue weighted by molar-refractivity contribution is 0.625. The second kappa shape index (κ2) is 4.18. The molecule has 2 N–H and O–H groups in total. The summed E-state index contributed by atoms with van der Waals surface area (Å²) in [6, 6.07) is 2.74. The number of aryl methyl sites for hydroxylation is 1. The molecule has 6 heteroatoms. The van der Waals surface area contributed by atoms with Gasteiger partial charge in [-0.2, -0.15) is 5.10 Å². The highest BCUT2D eigenvalue weighted by atomic mass is 79.9. The molecule has 2 rings (SSSR count). The summed E-state index contributed by atoms with van der Waals surface area (Å²) in [4.78, 5) is 0. The van der Waals surface area contributed by atoms with E-state index < -0.39 is 0 Å². The van der Waals surface area contributed by atoms with Gasteiger partial charge in [0.25, 0.3) is 0 Å². The number of nitrogen functional groups attached to an aromatic ring is 1. The Labute approximate surface area is 109 Å². The average Bonchev–Trinajstić information content (AvgIpc) is 2.48. The van der Waals surface area contributed by atoms with Crippen LogP contribution in [0.15, 0.2) is 27.3 Å². The molecule has 0 atom stereocenters. The minimum atomic E-state index is -0.329. The van der Waals surface area contributed by atoms with Crippen LogP contribution in [-0.2, 0) is 0 Å². The Morgan fingerprint density at radius 1 is 1.31 bits per heavy atom. The molecule has 16 heavy (non-hydrogen) atoms. The van der Waals surface area contributed by atoms with E-state index in [0.717, 1.165) is 5.56 Å². The van der Waals surface area contributed by atoms with E-state index >= 15 is 0 Å². The zero-order valence-corrected chi connectivity index (χ0v) is 11.5. The molecule has 3 nitrogen and oxygen atoms in total. The van der Waals surface area contributed by atoms with Crippen LogP contribution in [0.2, 0.25) is 0 Å². The Bertz CT molecular complexity index is 528. The van der Waals surface area contributed by atoms with Crippen LogP contribution in [0, 0.1) is 12.7 Å². The Morgan fingerprint density at radius 2 is 1.88 bits per heavy atom. The van der Waals surface area contributed by atoms with Crippen LogP contribution in [0.1, 0.15) is 5.56 Å². The lowest BCUT2D eigenvalue weighted by Crippen LogP contribution is -2.04. The Kier molecular flexibility index (Phi) is 3.03. The molecule has 2 aromatic rings. The number of benzene rings is 1. The lowest BCUT2D eigenvalue weighted by Gasteiger charge is -2.09. The molecule has 0 aliphatic carbocycles. The maximum Gasteiger partial charge on any atom is 0.130 e. The molecular weight excluding hydrogens is 341 g/mol. The first-order valence-electron chi connectivity index (χ1n) is 4.45. The predicted octanol–water partition coefficient (Wildman–Crippen LogP) is 3.43. The number of nitrogens with two attached hydrogens (primary N) is 1. The number of anilines is 1. The molecule has 0 aliphatic heterocycles. The topological polar surface area (TPSA) is 43.8 Å². The van der Waals surface area contributed by atoms with Gasteiger partial charge in [0.15, 0.2) is 0 Å². The van der Waals surface area contributed by atoms with Crippen molar-refractivity contribution in [1.29, 1.82) is 0 Å². The van der Waals surface area contributed by atoms with Gasteiger partial charge in [0.2, 0.25) is 0 Å². The fourth-order valence-corrected chi connectivity index (χ4v) is 2.82. The van der Waals surface area contributed by atoms with Crippen molar-refractivity contribution in [2.45, 2.75) is 6.92 Å². The maximum atomic E-state index is 13.1. The Balaban J connectivity index is 2.69. The summed E-state index contributed by atoms with van der Waals surface area (Å²) >= 11 is 6.58. The number of nitrogens with zero attached hydrogens (tertiary/aromatic N) is 2. The second-order valence-electron chi connectivity index (χ2n) is 3.34. The molecule has 0 radical (unpaired) electrons. The fourth-order valence-electron chi connectivity index (χ4n) is 1.35. The highest BCUT2D eigenvalue weighted by Crippen LogP contribution is 2.32. The minimum Gasteiger partial charge on any atom is -0.383 e. The molecule has 1 aromatic heterocycles. The third-order valence-corrected chi connectivity index (χ3v) is 3.40. The quantitative estimate of drug-likeness (QED) is 0.858. The second-order valence-corrected chi connectivity index (χ2v) is 5.05. The first kappa shape index (κ1) is 11.6. The van der Waals surface area contributed by atoms with Crippen LogP contribution in [0.5, 0.6) is 0 Å². The highest BCUT2D eigenvalue weighted by molar-refractivity contribution is 9.11. The van der Waals surface area contributed by atoms with Crippen molar-refractivity contribution >= 4 is 37.7 Å². The van der Waals surface area contributed by atoms with Gasteiger partial charge in [-0.05, 0) is 50.9 Å². The molecule has 1 heterocycles. The largest absolute Gasteiger partial charge is 0.383 e. The number of aromatic nitrogens is 2. The summed E-state index contributed by atoms with van der Waals surface area (Å²) in [6.45, 7) is 1.87. The summed E-state index contributed by atoms with van der Waals surface area (Å²) in [5.41, 5.74) is 7.44. The Hall–Kier alpha value is -0.880. The molecule has 0 bridgehead atoms. The predicted molar refractivity (Wildman–Crippen MR) is 68.1 cm³/mol. The standard InChI is InChI=1S/C10H8Br2FN3/c1-5-4-15-16(10(5)14)9-7(11)2-6(13)3-8(9)12/h2-4H,14H2,1H3. The van der Waals surface area contributed by atoms with Gasteiger partial charge in [0, 0.05) is 14.5 Å². The molecule has 1 aromatic carbocycles. The molecular formula is C10H8Br2FN3. The van der Waals surface area contributed by atoms with Crippen molar-refractivity contribution in [2.24, 2.45) is 0 Å². The van der Waals surface area contributed by atoms with Crippen LogP contribution in [-0.4, -0.2) is 9.78 Å². The van der Waals surface area contributed by atoms with Gasteiger partial charge in [0.1, 0.15) is 11.6 Å². The van der Waals surface area contributed by atoms with Crippen LogP contribution in [0.4, 0.5) is 10.2 Å². The summed E-state index contributed by atoms with van der Waals surface area (Å²) in [5, 5.41) is 4.15. The summed E-state index contributed by atoms with van der Waals surface area (Å²) in [7, 11) is 0. The highest BCUT2D eigenvalue weighted by Gasteiger charge is 2.13. The van der Waals surface area contributed by atoms with Crippen LogP contribution in [0.25, 0.3) is 5.69 Å². The van der Waals surface area contributed by atoms with Gasteiger partial charge < -0.3 is 5.73 Å². The van der Waals surface area contributed by atoms with Gasteiger partial charge >= 0.3 is 0 Å². The minimum absolute atomic E-state index is 0.329. The summed E-state index contributed by atoms with van der Waals surface area (Å²) in [6.07, 6.45) is 1.66.